The average molecular weight is 290 g/mol. The fourth-order valence-electron chi connectivity index (χ4n) is 2.46. The Kier molecular flexibility index (Phi) is 3.86. The van der Waals surface area contributed by atoms with E-state index in [9.17, 15) is 5.11 Å². The molecule has 3 unspecified atom stereocenters. The molecule has 0 saturated heterocycles. The van der Waals surface area contributed by atoms with E-state index in [0.717, 1.165) is 22.8 Å². The molecule has 0 radical (unpaired) electrons. The number of aliphatic hydroxyl groups excluding tert-OH is 1. The van der Waals surface area contributed by atoms with Crippen molar-refractivity contribution in [3.05, 3.63) is 41.7 Å². The monoisotopic (exact) mass is 290 g/mol. The Morgan fingerprint density at radius 1 is 1.29 bits per heavy atom. The molecule has 2 aliphatic heterocycles. The highest BCUT2D eigenvalue weighted by atomic mass is 16.7. The average Bonchev–Trinajstić information content (AvgIpc) is 2.95. The molecule has 112 valence electrons. The number of fused-ring (bicyclic) bond motifs is 1. The molecule has 2 aliphatic rings. The van der Waals surface area contributed by atoms with Gasteiger partial charge in [0.05, 0.1) is 13.2 Å². The number of hydrogen-bond donors (Lipinski definition) is 1. The van der Waals surface area contributed by atoms with Crippen molar-refractivity contribution >= 4 is 6.08 Å². The van der Waals surface area contributed by atoms with Gasteiger partial charge in [-0.2, -0.15) is 0 Å². The van der Waals surface area contributed by atoms with Gasteiger partial charge in [0.25, 0.3) is 0 Å². The Morgan fingerprint density at radius 3 is 2.90 bits per heavy atom. The highest BCUT2D eigenvalue weighted by Gasteiger charge is 2.28. The van der Waals surface area contributed by atoms with Crippen molar-refractivity contribution in [3.8, 4) is 11.5 Å². The standard InChI is InChI=1S/C16H18O5/c1-10-12(21-16(17)8-14(10)18-2)5-3-11-4-6-13-15(7-11)20-9-19-13/h3-8,10,12,16-17H,9H2,1-2H3/b5-3+. The Balaban J connectivity index is 1.75. The number of methoxy groups -OCH3 is 1. The summed E-state index contributed by atoms with van der Waals surface area (Å²) >= 11 is 0. The molecule has 1 aromatic carbocycles. The van der Waals surface area contributed by atoms with Crippen molar-refractivity contribution in [3.63, 3.8) is 0 Å². The highest BCUT2D eigenvalue weighted by molar-refractivity contribution is 5.57. The molecule has 2 heterocycles. The second-order valence-electron chi connectivity index (χ2n) is 5.02. The van der Waals surface area contributed by atoms with Crippen LogP contribution < -0.4 is 9.47 Å². The summed E-state index contributed by atoms with van der Waals surface area (Å²) in [6.45, 7) is 2.26. The Hall–Kier alpha value is -1.98. The third-order valence-electron chi connectivity index (χ3n) is 3.66. The Morgan fingerprint density at radius 2 is 2.10 bits per heavy atom. The zero-order valence-electron chi connectivity index (χ0n) is 12.0. The molecule has 3 rings (SSSR count). The van der Waals surface area contributed by atoms with Crippen LogP contribution in [0.15, 0.2) is 36.1 Å². The smallest absolute Gasteiger partial charge is 0.231 e. The molecule has 3 atom stereocenters. The first-order chi connectivity index (χ1) is 10.2. The molecule has 0 fully saturated rings. The number of hydrogen-bond acceptors (Lipinski definition) is 5. The van der Waals surface area contributed by atoms with Gasteiger partial charge in [0.15, 0.2) is 17.8 Å². The maximum atomic E-state index is 9.67. The van der Waals surface area contributed by atoms with Gasteiger partial charge in [-0.3, -0.25) is 0 Å². The molecule has 5 heteroatoms. The van der Waals surface area contributed by atoms with Gasteiger partial charge in [0, 0.05) is 12.0 Å². The third kappa shape index (κ3) is 2.89. The van der Waals surface area contributed by atoms with Gasteiger partial charge < -0.3 is 24.1 Å². The van der Waals surface area contributed by atoms with Crippen LogP contribution in [0.5, 0.6) is 11.5 Å². The molecule has 5 nitrogen and oxygen atoms in total. The molecular formula is C16H18O5. The fraction of sp³-hybridized carbons (Fsp3) is 0.375. The van der Waals surface area contributed by atoms with Gasteiger partial charge >= 0.3 is 0 Å². The zero-order valence-corrected chi connectivity index (χ0v) is 12.0. The maximum absolute atomic E-state index is 9.67. The van der Waals surface area contributed by atoms with Crippen LogP contribution in [0.3, 0.4) is 0 Å². The van der Waals surface area contributed by atoms with Crippen LogP contribution in [0.25, 0.3) is 6.08 Å². The van der Waals surface area contributed by atoms with E-state index in [2.05, 4.69) is 0 Å². The van der Waals surface area contributed by atoms with Crippen molar-refractivity contribution in [1.29, 1.82) is 0 Å². The van der Waals surface area contributed by atoms with Gasteiger partial charge in [-0.1, -0.05) is 25.1 Å². The minimum absolute atomic E-state index is 0.0451. The van der Waals surface area contributed by atoms with E-state index in [4.69, 9.17) is 18.9 Å². The van der Waals surface area contributed by atoms with E-state index in [-0.39, 0.29) is 18.8 Å². The van der Waals surface area contributed by atoms with Crippen molar-refractivity contribution in [2.75, 3.05) is 13.9 Å². The van der Waals surface area contributed by atoms with Crippen molar-refractivity contribution in [2.24, 2.45) is 5.92 Å². The first-order valence-electron chi connectivity index (χ1n) is 6.84. The zero-order chi connectivity index (χ0) is 14.8. The predicted octanol–water partition coefficient (Wildman–Crippen LogP) is 2.31. The summed E-state index contributed by atoms with van der Waals surface area (Å²) in [7, 11) is 1.60. The molecule has 1 aromatic rings. The highest BCUT2D eigenvalue weighted by Crippen LogP contribution is 2.33. The van der Waals surface area contributed by atoms with Gasteiger partial charge in [0.2, 0.25) is 6.79 Å². The molecule has 0 aromatic heterocycles. The molecule has 0 spiro atoms. The third-order valence-corrected chi connectivity index (χ3v) is 3.66. The van der Waals surface area contributed by atoms with Crippen LogP contribution in [0.4, 0.5) is 0 Å². The summed E-state index contributed by atoms with van der Waals surface area (Å²) in [6.07, 6.45) is 4.24. The lowest BCUT2D eigenvalue weighted by molar-refractivity contribution is -0.118. The van der Waals surface area contributed by atoms with Gasteiger partial charge in [-0.05, 0) is 17.7 Å². The lowest BCUT2D eigenvalue weighted by Gasteiger charge is -2.29. The minimum Gasteiger partial charge on any atom is -0.501 e. The Bertz CT molecular complexity index is 578. The van der Waals surface area contributed by atoms with E-state index < -0.39 is 6.29 Å². The van der Waals surface area contributed by atoms with Gasteiger partial charge in [-0.15, -0.1) is 0 Å². The number of rotatable bonds is 3. The first kappa shape index (κ1) is 14.0. The van der Waals surface area contributed by atoms with E-state index >= 15 is 0 Å². The lowest BCUT2D eigenvalue weighted by Crippen LogP contribution is -2.32. The summed E-state index contributed by atoms with van der Waals surface area (Å²) in [5.41, 5.74) is 0.984. The number of aliphatic hydroxyl groups is 1. The predicted molar refractivity (Wildman–Crippen MR) is 76.7 cm³/mol. The van der Waals surface area contributed by atoms with Crippen LogP contribution in [0.2, 0.25) is 0 Å². The second kappa shape index (κ2) is 5.79. The molecule has 0 aliphatic carbocycles. The normalized spacial score (nSPS) is 27.8. The largest absolute Gasteiger partial charge is 0.501 e. The summed E-state index contributed by atoms with van der Waals surface area (Å²) in [5.74, 6) is 2.28. The van der Waals surface area contributed by atoms with Gasteiger partial charge in [-0.25, -0.2) is 0 Å². The topological polar surface area (TPSA) is 57.2 Å². The van der Waals surface area contributed by atoms with Crippen LogP contribution in [-0.4, -0.2) is 31.4 Å². The van der Waals surface area contributed by atoms with Gasteiger partial charge in [0.1, 0.15) is 5.76 Å². The quantitative estimate of drug-likeness (QED) is 0.925. The SMILES string of the molecule is COC1=CC(O)OC(/C=C/c2ccc3c(c2)OCO3)C1C. The second-order valence-corrected chi connectivity index (χ2v) is 5.02. The van der Waals surface area contributed by atoms with Crippen LogP contribution in [0.1, 0.15) is 12.5 Å². The fourth-order valence-corrected chi connectivity index (χ4v) is 2.46. The van der Waals surface area contributed by atoms with E-state index in [1.54, 1.807) is 13.2 Å². The first-order valence-corrected chi connectivity index (χ1v) is 6.84. The van der Waals surface area contributed by atoms with E-state index in [1.807, 2.05) is 37.3 Å². The molecule has 21 heavy (non-hydrogen) atoms. The summed E-state index contributed by atoms with van der Waals surface area (Å²) in [4.78, 5) is 0. The minimum atomic E-state index is -0.942. The van der Waals surface area contributed by atoms with Crippen molar-refractivity contribution in [2.45, 2.75) is 19.3 Å². The lowest BCUT2D eigenvalue weighted by atomic mass is 9.98. The summed E-state index contributed by atoms with van der Waals surface area (Å²) in [6, 6.07) is 5.74. The molecule has 1 N–H and O–H groups in total. The summed E-state index contributed by atoms with van der Waals surface area (Å²) < 4.78 is 21.4. The van der Waals surface area contributed by atoms with Crippen LogP contribution >= 0.6 is 0 Å². The number of ether oxygens (including phenoxy) is 4. The van der Waals surface area contributed by atoms with Crippen LogP contribution in [0, 0.1) is 5.92 Å². The van der Waals surface area contributed by atoms with Crippen LogP contribution in [-0.2, 0) is 9.47 Å². The molecular weight excluding hydrogens is 272 g/mol. The maximum Gasteiger partial charge on any atom is 0.231 e. The van der Waals surface area contributed by atoms with E-state index in [1.165, 1.54) is 0 Å². The molecule has 0 saturated carbocycles. The van der Waals surface area contributed by atoms with Crippen molar-refractivity contribution < 1.29 is 24.1 Å². The number of benzene rings is 1. The van der Waals surface area contributed by atoms with E-state index in [0.29, 0.717) is 0 Å². The molecule has 0 bridgehead atoms. The van der Waals surface area contributed by atoms with Crippen molar-refractivity contribution in [1.82, 2.24) is 0 Å². The Labute approximate surface area is 123 Å². The summed E-state index contributed by atoms with van der Waals surface area (Å²) in [5, 5.41) is 9.67. The molecule has 0 amide bonds.